The first kappa shape index (κ1) is 21.3. The Balaban J connectivity index is 1.15. The molecule has 5 heteroatoms. The molecule has 0 spiro atoms. The average molecular weight is 440 g/mol. The van der Waals surface area contributed by atoms with Crippen LogP contribution in [0.5, 0.6) is 0 Å². The lowest BCUT2D eigenvalue weighted by atomic mass is 9.88. The predicted molar refractivity (Wildman–Crippen MR) is 131 cm³/mol. The molecule has 0 unspecified atom stereocenters. The Bertz CT molecular complexity index is 1110. The Morgan fingerprint density at radius 1 is 0.909 bits per heavy atom. The molecule has 1 N–H and O–H groups in total. The summed E-state index contributed by atoms with van der Waals surface area (Å²) in [5, 5.41) is 3.20. The lowest BCUT2D eigenvalue weighted by Crippen LogP contribution is -2.41. The largest absolute Gasteiger partial charge is 0.423 e. The van der Waals surface area contributed by atoms with Crippen LogP contribution in [-0.2, 0) is 4.79 Å². The second kappa shape index (κ2) is 9.90. The van der Waals surface area contributed by atoms with Crippen LogP contribution in [0, 0.1) is 5.92 Å². The standard InChI is InChI=1S/C28H29N3O2/c32-27(23-16-19-31(20-17-23)28-30-25-13-7-8-14-26(25)33-28)29-18-15-24(21-9-3-1-4-10-21)22-11-5-2-6-12-22/h1-14,23-24H,15-20H2,(H,29,32). The van der Waals surface area contributed by atoms with Crippen LogP contribution in [-0.4, -0.2) is 30.5 Å². The van der Waals surface area contributed by atoms with E-state index in [4.69, 9.17) is 4.42 Å². The monoisotopic (exact) mass is 439 g/mol. The highest BCUT2D eigenvalue weighted by Gasteiger charge is 2.27. The number of carbonyl (C=O) groups excluding carboxylic acids is 1. The van der Waals surface area contributed by atoms with Gasteiger partial charge in [0.2, 0.25) is 5.91 Å². The summed E-state index contributed by atoms with van der Waals surface area (Å²) in [6.07, 6.45) is 2.50. The van der Waals surface area contributed by atoms with Gasteiger partial charge in [-0.2, -0.15) is 4.98 Å². The van der Waals surface area contributed by atoms with Gasteiger partial charge in [-0.25, -0.2) is 0 Å². The number of oxazole rings is 1. The number of para-hydroxylation sites is 2. The maximum Gasteiger partial charge on any atom is 0.298 e. The molecule has 0 radical (unpaired) electrons. The molecule has 0 bridgehead atoms. The summed E-state index contributed by atoms with van der Waals surface area (Å²) >= 11 is 0. The molecular weight excluding hydrogens is 410 g/mol. The number of rotatable bonds is 7. The number of nitrogens with one attached hydrogen (secondary N) is 1. The molecule has 5 nitrogen and oxygen atoms in total. The smallest absolute Gasteiger partial charge is 0.298 e. The van der Waals surface area contributed by atoms with E-state index in [2.05, 4.69) is 63.7 Å². The Morgan fingerprint density at radius 3 is 2.15 bits per heavy atom. The van der Waals surface area contributed by atoms with Crippen molar-refractivity contribution in [3.05, 3.63) is 96.1 Å². The zero-order chi connectivity index (χ0) is 22.5. The molecule has 3 aromatic carbocycles. The van der Waals surface area contributed by atoms with Crippen molar-refractivity contribution in [1.82, 2.24) is 10.3 Å². The molecule has 1 aliphatic rings. The van der Waals surface area contributed by atoms with E-state index in [-0.39, 0.29) is 17.7 Å². The van der Waals surface area contributed by atoms with Gasteiger partial charge in [0, 0.05) is 31.5 Å². The third kappa shape index (κ3) is 4.92. The quantitative estimate of drug-likeness (QED) is 0.420. The van der Waals surface area contributed by atoms with Crippen molar-refractivity contribution in [3.8, 4) is 0 Å². The van der Waals surface area contributed by atoms with Crippen molar-refractivity contribution < 1.29 is 9.21 Å². The molecule has 1 saturated heterocycles. The van der Waals surface area contributed by atoms with Crippen LogP contribution in [0.15, 0.2) is 89.3 Å². The highest BCUT2D eigenvalue weighted by molar-refractivity contribution is 5.79. The predicted octanol–water partition coefficient (Wildman–Crippen LogP) is 5.38. The Labute approximate surface area is 194 Å². The van der Waals surface area contributed by atoms with Gasteiger partial charge in [0.05, 0.1) is 0 Å². The van der Waals surface area contributed by atoms with Crippen LogP contribution in [0.1, 0.15) is 36.3 Å². The Morgan fingerprint density at radius 2 is 1.52 bits per heavy atom. The molecule has 33 heavy (non-hydrogen) atoms. The zero-order valence-corrected chi connectivity index (χ0v) is 18.7. The van der Waals surface area contributed by atoms with E-state index in [9.17, 15) is 4.79 Å². The van der Waals surface area contributed by atoms with E-state index >= 15 is 0 Å². The number of amides is 1. The van der Waals surface area contributed by atoms with Gasteiger partial charge in [-0.05, 0) is 42.5 Å². The van der Waals surface area contributed by atoms with Crippen LogP contribution in [0.25, 0.3) is 11.1 Å². The Kier molecular flexibility index (Phi) is 6.38. The molecule has 0 atom stereocenters. The maximum atomic E-state index is 12.9. The van der Waals surface area contributed by atoms with Gasteiger partial charge < -0.3 is 14.6 Å². The van der Waals surface area contributed by atoms with E-state index in [1.165, 1.54) is 11.1 Å². The lowest BCUT2D eigenvalue weighted by molar-refractivity contribution is -0.125. The Hall–Kier alpha value is -3.60. The number of hydrogen-bond acceptors (Lipinski definition) is 4. The summed E-state index contributed by atoms with van der Waals surface area (Å²) in [5.74, 6) is 0.471. The van der Waals surface area contributed by atoms with Gasteiger partial charge in [0.25, 0.3) is 6.01 Å². The van der Waals surface area contributed by atoms with Crippen LogP contribution < -0.4 is 10.2 Å². The van der Waals surface area contributed by atoms with Crippen LogP contribution in [0.4, 0.5) is 6.01 Å². The van der Waals surface area contributed by atoms with Crippen LogP contribution >= 0.6 is 0 Å². The van der Waals surface area contributed by atoms with Crippen LogP contribution in [0.2, 0.25) is 0 Å². The fraction of sp³-hybridized carbons (Fsp3) is 0.286. The summed E-state index contributed by atoms with van der Waals surface area (Å²) in [7, 11) is 0. The normalized spacial score (nSPS) is 14.6. The fourth-order valence-electron chi connectivity index (χ4n) is 4.71. The zero-order valence-electron chi connectivity index (χ0n) is 18.7. The van der Waals surface area contributed by atoms with Crippen molar-refractivity contribution in [2.24, 2.45) is 5.92 Å². The highest BCUT2D eigenvalue weighted by atomic mass is 16.4. The third-order valence-electron chi connectivity index (χ3n) is 6.55. The molecule has 1 aromatic heterocycles. The van der Waals surface area contributed by atoms with Crippen molar-refractivity contribution in [1.29, 1.82) is 0 Å². The number of carbonyl (C=O) groups is 1. The number of piperidine rings is 1. The van der Waals surface area contributed by atoms with Gasteiger partial charge >= 0.3 is 0 Å². The number of aromatic nitrogens is 1. The second-order valence-electron chi connectivity index (χ2n) is 8.68. The number of fused-ring (bicyclic) bond motifs is 1. The van der Waals surface area contributed by atoms with Crippen molar-refractivity contribution >= 4 is 23.0 Å². The molecule has 1 fully saturated rings. The van der Waals surface area contributed by atoms with Gasteiger partial charge in [-0.15, -0.1) is 0 Å². The minimum Gasteiger partial charge on any atom is -0.423 e. The topological polar surface area (TPSA) is 58.4 Å². The van der Waals surface area contributed by atoms with Crippen molar-refractivity contribution in [3.63, 3.8) is 0 Å². The summed E-state index contributed by atoms with van der Waals surface area (Å²) in [4.78, 5) is 19.6. The van der Waals surface area contributed by atoms with E-state index in [1.807, 2.05) is 36.4 Å². The minimum absolute atomic E-state index is 0.0394. The second-order valence-corrected chi connectivity index (χ2v) is 8.68. The van der Waals surface area contributed by atoms with E-state index in [1.54, 1.807) is 0 Å². The van der Waals surface area contributed by atoms with Crippen LogP contribution in [0.3, 0.4) is 0 Å². The summed E-state index contributed by atoms with van der Waals surface area (Å²) in [6, 6.07) is 29.5. The van der Waals surface area contributed by atoms with Gasteiger partial charge in [-0.1, -0.05) is 72.8 Å². The number of hydrogen-bond donors (Lipinski definition) is 1. The first-order valence-electron chi connectivity index (χ1n) is 11.8. The number of anilines is 1. The molecule has 0 saturated carbocycles. The number of benzene rings is 3. The SMILES string of the molecule is O=C(NCCC(c1ccccc1)c1ccccc1)C1CCN(c2nc3ccccc3o2)CC1. The molecule has 4 aromatic rings. The third-order valence-corrected chi connectivity index (χ3v) is 6.55. The molecule has 1 aliphatic heterocycles. The molecule has 1 amide bonds. The average Bonchev–Trinajstić information content (AvgIpc) is 3.32. The first-order chi connectivity index (χ1) is 16.3. The van der Waals surface area contributed by atoms with Gasteiger partial charge in [0.15, 0.2) is 5.58 Å². The van der Waals surface area contributed by atoms with E-state index < -0.39 is 0 Å². The summed E-state index contributed by atoms with van der Waals surface area (Å²) in [5.41, 5.74) is 4.24. The van der Waals surface area contributed by atoms with Gasteiger partial charge in [-0.3, -0.25) is 4.79 Å². The summed E-state index contributed by atoms with van der Waals surface area (Å²) in [6.45, 7) is 2.22. The molecule has 2 heterocycles. The minimum atomic E-state index is 0.0394. The molecule has 5 rings (SSSR count). The summed E-state index contributed by atoms with van der Waals surface area (Å²) < 4.78 is 5.89. The number of nitrogens with zero attached hydrogens (tertiary/aromatic N) is 2. The molecule has 168 valence electrons. The highest BCUT2D eigenvalue weighted by Crippen LogP contribution is 2.28. The molecular formula is C28H29N3O2. The first-order valence-corrected chi connectivity index (χ1v) is 11.8. The maximum absolute atomic E-state index is 12.9. The van der Waals surface area contributed by atoms with Gasteiger partial charge in [0.1, 0.15) is 5.52 Å². The van der Waals surface area contributed by atoms with Crippen molar-refractivity contribution in [2.45, 2.75) is 25.2 Å². The van der Waals surface area contributed by atoms with E-state index in [0.717, 1.165) is 43.5 Å². The fourth-order valence-corrected chi connectivity index (χ4v) is 4.71. The molecule has 0 aliphatic carbocycles. The lowest BCUT2D eigenvalue weighted by Gasteiger charge is -2.30. The van der Waals surface area contributed by atoms with Crippen molar-refractivity contribution in [2.75, 3.05) is 24.5 Å². The van der Waals surface area contributed by atoms with E-state index in [0.29, 0.717) is 12.6 Å².